The van der Waals surface area contributed by atoms with Gasteiger partial charge in [0, 0.05) is 6.04 Å². The van der Waals surface area contributed by atoms with Crippen LogP contribution in [0.3, 0.4) is 0 Å². The Morgan fingerprint density at radius 2 is 1.95 bits per heavy atom. The van der Waals surface area contributed by atoms with Crippen LogP contribution in [-0.4, -0.2) is 46.3 Å². The Morgan fingerprint density at radius 3 is 2.48 bits per heavy atom. The first-order valence-electron chi connectivity index (χ1n) is 8.17. The Balaban J connectivity index is 2.13. The quantitative estimate of drug-likeness (QED) is 0.734. The van der Waals surface area contributed by atoms with Crippen molar-refractivity contribution in [2.45, 2.75) is 65.1 Å². The fraction of sp³-hybridized carbons (Fsp3) is 0.875. The topological polar surface area (TPSA) is 49.4 Å². The van der Waals surface area contributed by atoms with Gasteiger partial charge in [0.15, 0.2) is 0 Å². The van der Waals surface area contributed by atoms with E-state index in [4.69, 9.17) is 0 Å². The lowest BCUT2D eigenvalue weighted by Gasteiger charge is -2.44. The average Bonchev–Trinajstić information content (AvgIpc) is 3.24. The number of rotatable bonds is 7. The standard InChI is InChI=1S/C16H28N2O2S/c1-5-21-9-8-11(4)18-14(10(2)3)15(19)17-13(16(18)20)12-6-7-12/h10-14H,5-9H2,1-4H3,(H,17,19). The van der Waals surface area contributed by atoms with Crippen LogP contribution < -0.4 is 5.32 Å². The molecule has 0 bridgehead atoms. The molecule has 2 rings (SSSR count). The van der Waals surface area contributed by atoms with Gasteiger partial charge in [0.25, 0.3) is 0 Å². The molecule has 1 heterocycles. The molecule has 2 aliphatic rings. The van der Waals surface area contributed by atoms with Crippen molar-refractivity contribution in [2.24, 2.45) is 11.8 Å². The predicted molar refractivity (Wildman–Crippen MR) is 87.2 cm³/mol. The highest BCUT2D eigenvalue weighted by molar-refractivity contribution is 7.99. The molecule has 0 spiro atoms. The van der Waals surface area contributed by atoms with E-state index in [1.165, 1.54) is 0 Å². The second-order valence-corrected chi connectivity index (χ2v) is 7.99. The zero-order valence-corrected chi connectivity index (χ0v) is 14.4. The van der Waals surface area contributed by atoms with Gasteiger partial charge in [-0.2, -0.15) is 11.8 Å². The Kier molecular flexibility index (Phi) is 5.58. The molecule has 4 nitrogen and oxygen atoms in total. The highest BCUT2D eigenvalue weighted by Crippen LogP contribution is 2.36. The van der Waals surface area contributed by atoms with Crippen LogP contribution in [0, 0.1) is 11.8 Å². The molecule has 5 heteroatoms. The molecule has 1 aliphatic carbocycles. The summed E-state index contributed by atoms with van der Waals surface area (Å²) < 4.78 is 0. The molecule has 0 radical (unpaired) electrons. The van der Waals surface area contributed by atoms with Gasteiger partial charge in [0.05, 0.1) is 0 Å². The molecule has 1 saturated carbocycles. The van der Waals surface area contributed by atoms with E-state index in [1.807, 2.05) is 30.5 Å². The van der Waals surface area contributed by atoms with Crippen molar-refractivity contribution in [1.29, 1.82) is 0 Å². The minimum absolute atomic E-state index is 0.0384. The van der Waals surface area contributed by atoms with Crippen LogP contribution in [0.5, 0.6) is 0 Å². The molecule has 0 aromatic rings. The third-order valence-corrected chi connectivity index (χ3v) is 5.40. The highest BCUT2D eigenvalue weighted by Gasteiger charge is 2.48. The first kappa shape index (κ1) is 16.7. The molecule has 3 atom stereocenters. The zero-order valence-electron chi connectivity index (χ0n) is 13.6. The van der Waals surface area contributed by atoms with E-state index in [-0.39, 0.29) is 35.9 Å². The number of carbonyl (C=O) groups excluding carboxylic acids is 2. The summed E-state index contributed by atoms with van der Waals surface area (Å²) in [6.45, 7) is 8.28. The van der Waals surface area contributed by atoms with Crippen LogP contribution in [0.4, 0.5) is 0 Å². The Morgan fingerprint density at radius 1 is 1.29 bits per heavy atom. The van der Waals surface area contributed by atoms with Crippen molar-refractivity contribution in [3.8, 4) is 0 Å². The van der Waals surface area contributed by atoms with Gasteiger partial charge < -0.3 is 10.2 Å². The largest absolute Gasteiger partial charge is 0.342 e. The molecule has 1 N–H and O–H groups in total. The molecule has 2 amide bonds. The second-order valence-electron chi connectivity index (χ2n) is 6.59. The van der Waals surface area contributed by atoms with E-state index in [9.17, 15) is 9.59 Å². The average molecular weight is 312 g/mol. The normalized spacial score (nSPS) is 28.0. The van der Waals surface area contributed by atoms with Gasteiger partial charge in [-0.3, -0.25) is 9.59 Å². The minimum Gasteiger partial charge on any atom is -0.342 e. The number of thioether (sulfide) groups is 1. The van der Waals surface area contributed by atoms with Crippen molar-refractivity contribution in [2.75, 3.05) is 11.5 Å². The summed E-state index contributed by atoms with van der Waals surface area (Å²) in [5.41, 5.74) is 0. The Labute approximate surface area is 132 Å². The van der Waals surface area contributed by atoms with E-state index in [0.29, 0.717) is 5.92 Å². The highest BCUT2D eigenvalue weighted by atomic mass is 32.2. The Bertz CT molecular complexity index is 396. The van der Waals surface area contributed by atoms with E-state index in [1.54, 1.807) is 0 Å². The SMILES string of the molecule is CCSCCC(C)N1C(=O)C(C2CC2)NC(=O)C1C(C)C. The maximum atomic E-state index is 12.8. The molecule has 1 saturated heterocycles. The van der Waals surface area contributed by atoms with E-state index < -0.39 is 0 Å². The molecule has 3 unspecified atom stereocenters. The summed E-state index contributed by atoms with van der Waals surface area (Å²) >= 11 is 1.89. The van der Waals surface area contributed by atoms with E-state index in [2.05, 4.69) is 19.2 Å². The smallest absolute Gasteiger partial charge is 0.246 e. The van der Waals surface area contributed by atoms with Gasteiger partial charge in [-0.05, 0) is 49.5 Å². The summed E-state index contributed by atoms with van der Waals surface area (Å²) in [6, 6.07) is -0.445. The van der Waals surface area contributed by atoms with Gasteiger partial charge in [-0.15, -0.1) is 0 Å². The summed E-state index contributed by atoms with van der Waals surface area (Å²) in [4.78, 5) is 27.2. The predicted octanol–water partition coefficient (Wildman–Crippen LogP) is 2.28. The van der Waals surface area contributed by atoms with Crippen LogP contribution >= 0.6 is 11.8 Å². The zero-order chi connectivity index (χ0) is 15.6. The summed E-state index contributed by atoms with van der Waals surface area (Å²) in [6.07, 6.45) is 3.09. The molecule has 21 heavy (non-hydrogen) atoms. The third-order valence-electron chi connectivity index (χ3n) is 4.47. The maximum absolute atomic E-state index is 12.8. The minimum atomic E-state index is -0.311. The summed E-state index contributed by atoms with van der Waals surface area (Å²) in [7, 11) is 0. The van der Waals surface area contributed by atoms with E-state index >= 15 is 0 Å². The molecule has 0 aromatic carbocycles. The van der Waals surface area contributed by atoms with Crippen molar-refractivity contribution >= 4 is 23.6 Å². The number of nitrogens with zero attached hydrogens (tertiary/aromatic N) is 1. The lowest BCUT2D eigenvalue weighted by atomic mass is 9.93. The van der Waals surface area contributed by atoms with Crippen LogP contribution in [0.15, 0.2) is 0 Å². The Hall–Kier alpha value is -0.710. The van der Waals surface area contributed by atoms with Gasteiger partial charge in [-0.25, -0.2) is 0 Å². The summed E-state index contributed by atoms with van der Waals surface area (Å²) in [5.74, 6) is 2.84. The fourth-order valence-electron chi connectivity index (χ4n) is 3.13. The van der Waals surface area contributed by atoms with Crippen molar-refractivity contribution in [3.05, 3.63) is 0 Å². The molecule has 0 aromatic heterocycles. The number of amides is 2. The number of hydrogen-bond donors (Lipinski definition) is 1. The van der Waals surface area contributed by atoms with Crippen molar-refractivity contribution < 1.29 is 9.59 Å². The molecular weight excluding hydrogens is 284 g/mol. The lowest BCUT2D eigenvalue weighted by molar-refractivity contribution is -0.154. The number of carbonyl (C=O) groups is 2. The second kappa shape index (κ2) is 7.03. The van der Waals surface area contributed by atoms with Gasteiger partial charge >= 0.3 is 0 Å². The maximum Gasteiger partial charge on any atom is 0.246 e. The fourth-order valence-corrected chi connectivity index (χ4v) is 3.92. The van der Waals surface area contributed by atoms with Crippen molar-refractivity contribution in [3.63, 3.8) is 0 Å². The molecule has 120 valence electrons. The monoisotopic (exact) mass is 312 g/mol. The molecule has 1 aliphatic heterocycles. The number of hydrogen-bond acceptors (Lipinski definition) is 3. The van der Waals surface area contributed by atoms with Gasteiger partial charge in [-0.1, -0.05) is 20.8 Å². The molecular formula is C16H28N2O2S. The van der Waals surface area contributed by atoms with Gasteiger partial charge in [0.2, 0.25) is 11.8 Å². The third kappa shape index (κ3) is 3.74. The van der Waals surface area contributed by atoms with Gasteiger partial charge in [0.1, 0.15) is 12.1 Å². The van der Waals surface area contributed by atoms with Crippen molar-refractivity contribution in [1.82, 2.24) is 10.2 Å². The lowest BCUT2D eigenvalue weighted by Crippen LogP contribution is -2.67. The number of nitrogens with one attached hydrogen (secondary N) is 1. The van der Waals surface area contributed by atoms with Crippen LogP contribution in [0.25, 0.3) is 0 Å². The number of piperazine rings is 1. The first-order chi connectivity index (χ1) is 9.97. The van der Waals surface area contributed by atoms with Crippen LogP contribution in [-0.2, 0) is 9.59 Å². The van der Waals surface area contributed by atoms with Crippen LogP contribution in [0.1, 0.15) is 47.0 Å². The first-order valence-corrected chi connectivity index (χ1v) is 9.33. The molecule has 2 fully saturated rings. The van der Waals surface area contributed by atoms with E-state index in [0.717, 1.165) is 30.8 Å². The summed E-state index contributed by atoms with van der Waals surface area (Å²) in [5, 5.41) is 2.98. The van der Waals surface area contributed by atoms with Crippen LogP contribution in [0.2, 0.25) is 0 Å².